The summed E-state index contributed by atoms with van der Waals surface area (Å²) < 4.78 is 52.0. The fraction of sp³-hybridized carbons (Fsp3) is 0.276. The van der Waals surface area contributed by atoms with Crippen LogP contribution in [0.2, 0.25) is 0 Å². The second-order valence-electron chi connectivity index (χ2n) is 9.91. The first-order chi connectivity index (χ1) is 21.4. The molecule has 5 aromatic heterocycles. The summed E-state index contributed by atoms with van der Waals surface area (Å²) >= 11 is 0. The fourth-order valence-corrected chi connectivity index (χ4v) is 5.69. The number of hydrogen-bond acceptors (Lipinski definition) is 8. The molecule has 2 unspecified atom stereocenters. The van der Waals surface area contributed by atoms with E-state index in [2.05, 4.69) is 31.1 Å². The molecule has 10 nitrogen and oxygen atoms in total. The largest absolute Gasteiger partial charge is 0.481 e. The van der Waals surface area contributed by atoms with Gasteiger partial charge in [0.05, 0.1) is 34.6 Å². The summed E-state index contributed by atoms with van der Waals surface area (Å²) in [4.78, 5) is 13.7. The Labute approximate surface area is 234 Å². The molecule has 3 aliphatic rings. The summed E-state index contributed by atoms with van der Waals surface area (Å²) in [5.74, 6) is 0.943. The number of pyridine rings is 3. The highest BCUT2D eigenvalue weighted by molar-refractivity contribution is 5.87. The minimum atomic E-state index is -2.53. The molecule has 0 radical (unpaired) electrons. The van der Waals surface area contributed by atoms with Crippen molar-refractivity contribution in [2.24, 2.45) is 6.98 Å². The number of nitriles is 1. The Morgan fingerprint density at radius 2 is 1.92 bits per heavy atom. The molecule has 0 amide bonds. The van der Waals surface area contributed by atoms with Crippen LogP contribution in [0, 0.1) is 11.3 Å². The molecule has 3 aliphatic heterocycles. The van der Waals surface area contributed by atoms with Crippen LogP contribution in [-0.4, -0.2) is 66.5 Å². The summed E-state index contributed by atoms with van der Waals surface area (Å²) in [7, 11) is -2.53. The zero-order valence-electron chi connectivity index (χ0n) is 26.8. The number of hydrogen-bond donors (Lipinski definition) is 0. The summed E-state index contributed by atoms with van der Waals surface area (Å²) in [5, 5.41) is 18.1. The summed E-state index contributed by atoms with van der Waals surface area (Å²) in [6, 6.07) is 12.2. The molecule has 2 bridgehead atoms. The van der Waals surface area contributed by atoms with E-state index in [0.717, 1.165) is 53.2 Å². The van der Waals surface area contributed by atoms with E-state index < -0.39 is 14.0 Å². The van der Waals surface area contributed by atoms with Crippen molar-refractivity contribution < 1.29 is 13.0 Å². The number of nitrogens with zero attached hydrogens (tertiary/aromatic N) is 9. The van der Waals surface area contributed by atoms with Crippen LogP contribution in [0.25, 0.3) is 27.8 Å². The number of fused-ring (bicyclic) bond motifs is 3. The lowest BCUT2D eigenvalue weighted by atomic mass is 9.87. The molecular formula is C29H27N9O. The molecular weight excluding hydrogens is 490 g/mol. The van der Waals surface area contributed by atoms with Gasteiger partial charge < -0.3 is 9.64 Å². The van der Waals surface area contributed by atoms with Gasteiger partial charge in [-0.2, -0.15) is 15.5 Å². The molecule has 39 heavy (non-hydrogen) atoms. The van der Waals surface area contributed by atoms with Crippen LogP contribution >= 0.6 is 0 Å². The van der Waals surface area contributed by atoms with Crippen molar-refractivity contribution in [3.8, 4) is 34.2 Å². The fourth-order valence-electron chi connectivity index (χ4n) is 5.69. The van der Waals surface area contributed by atoms with Crippen molar-refractivity contribution in [1.82, 2.24) is 34.3 Å². The molecule has 0 aromatic carbocycles. The monoisotopic (exact) mass is 523 g/mol. The molecule has 0 spiro atoms. The second-order valence-corrected chi connectivity index (χ2v) is 9.91. The third-order valence-electron chi connectivity index (χ3n) is 7.64. The molecule has 3 fully saturated rings. The van der Waals surface area contributed by atoms with E-state index in [-0.39, 0.29) is 5.88 Å². The van der Waals surface area contributed by atoms with Crippen LogP contribution in [0.15, 0.2) is 67.5 Å². The van der Waals surface area contributed by atoms with Gasteiger partial charge in [0.2, 0.25) is 5.88 Å². The molecule has 3 saturated heterocycles. The number of piperazine rings is 1. The maximum absolute atomic E-state index is 9.75. The van der Waals surface area contributed by atoms with E-state index in [1.807, 2.05) is 24.3 Å². The van der Waals surface area contributed by atoms with E-state index >= 15 is 0 Å². The number of methoxy groups -OCH3 is 1. The lowest BCUT2D eigenvalue weighted by Gasteiger charge is -2.56. The van der Waals surface area contributed by atoms with Gasteiger partial charge in [-0.1, -0.05) is 6.07 Å². The molecule has 5 aromatic rings. The number of ether oxygens (including phenoxy) is 1. The smallest absolute Gasteiger partial charge is 0.212 e. The van der Waals surface area contributed by atoms with Crippen molar-refractivity contribution in [3.63, 3.8) is 0 Å². The highest BCUT2D eigenvalue weighted by Crippen LogP contribution is 2.37. The minimum absolute atomic E-state index is 0.0809. The minimum Gasteiger partial charge on any atom is -0.481 e. The van der Waals surface area contributed by atoms with Crippen molar-refractivity contribution in [2.45, 2.75) is 25.0 Å². The molecule has 8 rings (SSSR count). The number of aryl methyl sites for hydroxylation is 1. The van der Waals surface area contributed by atoms with E-state index in [0.29, 0.717) is 34.3 Å². The van der Waals surface area contributed by atoms with Crippen LogP contribution < -0.4 is 9.64 Å². The third kappa shape index (κ3) is 4.08. The average molecular weight is 524 g/mol. The maximum atomic E-state index is 9.75. The quantitative estimate of drug-likeness (QED) is 0.333. The summed E-state index contributed by atoms with van der Waals surface area (Å²) in [6.07, 6.45) is 10.8. The zero-order chi connectivity index (χ0) is 31.5. The predicted octanol–water partition coefficient (Wildman–Crippen LogP) is 3.54. The van der Waals surface area contributed by atoms with E-state index in [1.165, 1.54) is 18.6 Å². The van der Waals surface area contributed by atoms with Gasteiger partial charge in [-0.3, -0.25) is 9.58 Å². The Hall–Kier alpha value is -4.75. The SMILES string of the molecule is [2H]C([2H])([2H])Oc1ccc(CN2C3CC2CN(c2ccc(-c4cc(-c5cnn(C([2H])([2H])[2H])c5)cn5ncc(C#N)c45)cn2)C3)cn1. The Morgan fingerprint density at radius 3 is 2.64 bits per heavy atom. The molecule has 0 saturated carbocycles. The van der Waals surface area contributed by atoms with Crippen molar-refractivity contribution in [2.75, 3.05) is 25.0 Å². The molecule has 8 heterocycles. The Morgan fingerprint density at radius 1 is 1.00 bits per heavy atom. The number of aromatic nitrogens is 6. The first kappa shape index (κ1) is 17.7. The first-order valence-electron chi connectivity index (χ1n) is 15.5. The number of piperidine rings is 1. The van der Waals surface area contributed by atoms with E-state index in [9.17, 15) is 5.26 Å². The number of anilines is 1. The van der Waals surface area contributed by atoms with Gasteiger partial charge in [0.1, 0.15) is 11.9 Å². The van der Waals surface area contributed by atoms with Crippen LogP contribution in [-0.2, 0) is 13.5 Å². The average Bonchev–Trinajstić information content (AvgIpc) is 3.68. The van der Waals surface area contributed by atoms with Crippen molar-refractivity contribution in [3.05, 3.63) is 78.6 Å². The van der Waals surface area contributed by atoms with Gasteiger partial charge in [0, 0.05) is 95.9 Å². The molecule has 2 atom stereocenters. The Kier molecular flexibility index (Phi) is 4.18. The van der Waals surface area contributed by atoms with Gasteiger partial charge in [0.25, 0.3) is 0 Å². The Bertz CT molecular complexity index is 1900. The van der Waals surface area contributed by atoms with Crippen LogP contribution in [0.1, 0.15) is 25.8 Å². The summed E-state index contributed by atoms with van der Waals surface area (Å²) in [5.41, 5.74) is 4.92. The lowest BCUT2D eigenvalue weighted by molar-refractivity contribution is -0.00876. The van der Waals surface area contributed by atoms with Gasteiger partial charge in [-0.05, 0) is 30.2 Å². The topological polar surface area (TPSA) is 100 Å². The van der Waals surface area contributed by atoms with Gasteiger partial charge >= 0.3 is 0 Å². The zero-order valence-corrected chi connectivity index (χ0v) is 20.8. The van der Waals surface area contributed by atoms with Crippen LogP contribution in [0.4, 0.5) is 5.82 Å². The summed E-state index contributed by atoms with van der Waals surface area (Å²) in [6.45, 7) is -0.0195. The molecule has 10 heteroatoms. The second kappa shape index (κ2) is 9.22. The highest BCUT2D eigenvalue weighted by Gasteiger charge is 2.44. The lowest BCUT2D eigenvalue weighted by Crippen LogP contribution is -2.68. The highest BCUT2D eigenvalue weighted by atomic mass is 16.5. The molecule has 0 N–H and O–H groups in total. The van der Waals surface area contributed by atoms with Crippen LogP contribution in [0.5, 0.6) is 5.88 Å². The van der Waals surface area contributed by atoms with E-state index in [1.54, 1.807) is 29.2 Å². The van der Waals surface area contributed by atoms with E-state index in [4.69, 9.17) is 17.9 Å². The van der Waals surface area contributed by atoms with Gasteiger partial charge in [0.15, 0.2) is 0 Å². The first-order valence-corrected chi connectivity index (χ1v) is 12.5. The van der Waals surface area contributed by atoms with Crippen LogP contribution in [0.3, 0.4) is 0 Å². The maximum Gasteiger partial charge on any atom is 0.212 e. The van der Waals surface area contributed by atoms with Gasteiger partial charge in [-0.15, -0.1) is 0 Å². The standard InChI is InChI=1S/C29H27N9O/c1-35-15-23(13-33-35)21-7-26(29-22(9-30)12-34-38(29)16-21)20-4-5-27(31-11-20)36-17-24-8-25(18-36)37(24)14-19-3-6-28(39-2)32-10-19/h3-7,10-13,15-16,24-25H,8,14,17-18H2,1-2H3/i1D3,2D3. The number of rotatable bonds is 6. The molecule has 0 aliphatic carbocycles. The Balaban J connectivity index is 1.09. The van der Waals surface area contributed by atoms with Gasteiger partial charge in [-0.25, -0.2) is 14.5 Å². The normalized spacial score (nSPS) is 21.6. The predicted molar refractivity (Wildman–Crippen MR) is 146 cm³/mol. The van der Waals surface area contributed by atoms with Crippen molar-refractivity contribution in [1.29, 1.82) is 5.26 Å². The molecule has 194 valence electrons. The van der Waals surface area contributed by atoms with Crippen molar-refractivity contribution >= 4 is 11.3 Å². The third-order valence-corrected chi connectivity index (χ3v) is 7.64.